The molecule has 0 saturated carbocycles. The topological polar surface area (TPSA) is 36.3 Å². The Balaban J connectivity index is 2.64. The van der Waals surface area contributed by atoms with Gasteiger partial charge in [0.25, 0.3) is 0 Å². The highest BCUT2D eigenvalue weighted by molar-refractivity contribution is 6.22. The van der Waals surface area contributed by atoms with Gasteiger partial charge in [0.2, 0.25) is 0 Å². The van der Waals surface area contributed by atoms with Crippen LogP contribution in [0.5, 0.6) is 5.75 Å². The lowest BCUT2D eigenvalue weighted by atomic mass is 10.1. The van der Waals surface area contributed by atoms with E-state index in [1.165, 1.54) is 5.56 Å². The predicted octanol–water partition coefficient (Wildman–Crippen LogP) is 2.69. The second kappa shape index (κ2) is 7.25. The third-order valence-electron chi connectivity index (χ3n) is 3.05. The highest BCUT2D eigenvalue weighted by atomic mass is 35.5. The number of nitriles is 1. The minimum atomic E-state index is -0.463. The second-order valence-electron chi connectivity index (χ2n) is 4.40. The van der Waals surface area contributed by atoms with Crippen LogP contribution in [-0.2, 0) is 6.42 Å². The zero-order chi connectivity index (χ0) is 13.5. The molecule has 3 nitrogen and oxygen atoms in total. The average Bonchev–Trinajstić information content (AvgIpc) is 2.39. The Morgan fingerprint density at radius 3 is 2.72 bits per heavy atom. The van der Waals surface area contributed by atoms with Crippen molar-refractivity contribution >= 4 is 11.6 Å². The molecule has 0 aliphatic heterocycles. The van der Waals surface area contributed by atoms with E-state index < -0.39 is 5.38 Å². The van der Waals surface area contributed by atoms with Gasteiger partial charge in [-0.1, -0.05) is 18.2 Å². The maximum atomic E-state index is 8.71. The summed E-state index contributed by atoms with van der Waals surface area (Å²) in [6.07, 6.45) is 0.871. The van der Waals surface area contributed by atoms with Crippen LogP contribution >= 0.6 is 11.6 Å². The van der Waals surface area contributed by atoms with Gasteiger partial charge in [0.1, 0.15) is 11.1 Å². The molecule has 0 aliphatic carbocycles. The molecule has 2 unspecified atom stereocenters. The van der Waals surface area contributed by atoms with Crippen LogP contribution in [0.2, 0.25) is 0 Å². The van der Waals surface area contributed by atoms with Gasteiger partial charge in [-0.2, -0.15) is 5.26 Å². The van der Waals surface area contributed by atoms with Gasteiger partial charge in [0.15, 0.2) is 0 Å². The summed E-state index contributed by atoms with van der Waals surface area (Å²) in [6.45, 7) is 2.68. The Morgan fingerprint density at radius 2 is 2.11 bits per heavy atom. The van der Waals surface area contributed by atoms with Crippen molar-refractivity contribution in [3.05, 3.63) is 29.8 Å². The molecule has 0 spiro atoms. The van der Waals surface area contributed by atoms with Gasteiger partial charge in [0, 0.05) is 12.6 Å². The number of nitrogens with zero attached hydrogens (tertiary/aromatic N) is 2. The average molecular weight is 267 g/mol. The summed E-state index contributed by atoms with van der Waals surface area (Å²) in [4.78, 5) is 2.09. The molecule has 0 aromatic heterocycles. The molecule has 0 saturated heterocycles. The van der Waals surface area contributed by atoms with Gasteiger partial charge in [-0.15, -0.1) is 11.6 Å². The number of hydrogen-bond acceptors (Lipinski definition) is 3. The number of hydrogen-bond donors (Lipinski definition) is 0. The molecule has 0 fully saturated rings. The predicted molar refractivity (Wildman–Crippen MR) is 74.0 cm³/mol. The van der Waals surface area contributed by atoms with Crippen LogP contribution < -0.4 is 4.74 Å². The number of alkyl halides is 1. The van der Waals surface area contributed by atoms with Gasteiger partial charge >= 0.3 is 0 Å². The molecule has 98 valence electrons. The summed E-state index contributed by atoms with van der Waals surface area (Å²) in [5, 5.41) is 8.25. The van der Waals surface area contributed by atoms with Crippen molar-refractivity contribution in [3.8, 4) is 11.8 Å². The number of ether oxygens (including phenoxy) is 1. The lowest BCUT2D eigenvalue weighted by Crippen LogP contribution is -2.35. The van der Waals surface area contributed by atoms with Crippen LogP contribution in [0.15, 0.2) is 24.3 Å². The molecule has 2 atom stereocenters. The van der Waals surface area contributed by atoms with E-state index in [4.69, 9.17) is 21.6 Å². The summed E-state index contributed by atoms with van der Waals surface area (Å²) in [5.41, 5.74) is 1.17. The van der Waals surface area contributed by atoms with E-state index >= 15 is 0 Å². The maximum Gasteiger partial charge on any atom is 0.133 e. The summed E-state index contributed by atoms with van der Waals surface area (Å²) in [6, 6.07) is 10.3. The van der Waals surface area contributed by atoms with Crippen molar-refractivity contribution in [2.24, 2.45) is 0 Å². The van der Waals surface area contributed by atoms with Gasteiger partial charge < -0.3 is 9.64 Å². The lowest BCUT2D eigenvalue weighted by molar-refractivity contribution is 0.261. The van der Waals surface area contributed by atoms with Crippen molar-refractivity contribution < 1.29 is 4.74 Å². The normalized spacial score (nSPS) is 14.0. The van der Waals surface area contributed by atoms with Crippen molar-refractivity contribution in [2.75, 3.05) is 20.7 Å². The Bertz CT molecular complexity index is 417. The first-order chi connectivity index (χ1) is 8.58. The van der Waals surface area contributed by atoms with E-state index in [9.17, 15) is 0 Å². The lowest BCUT2D eigenvalue weighted by Gasteiger charge is -2.25. The first-order valence-electron chi connectivity index (χ1n) is 5.94. The molecule has 1 aromatic rings. The largest absolute Gasteiger partial charge is 0.496 e. The van der Waals surface area contributed by atoms with Crippen LogP contribution in [0.25, 0.3) is 0 Å². The van der Waals surface area contributed by atoms with Gasteiger partial charge in [-0.05, 0) is 32.0 Å². The molecule has 0 N–H and O–H groups in total. The third-order valence-corrected chi connectivity index (χ3v) is 3.28. The molecule has 4 heteroatoms. The van der Waals surface area contributed by atoms with Crippen LogP contribution in [0.4, 0.5) is 0 Å². The molecule has 0 heterocycles. The number of para-hydroxylation sites is 1. The standard InChI is InChI=1S/C14H19ClN2O/c1-11(17(2)10-13(15)9-16)8-12-6-4-5-7-14(12)18-3/h4-7,11,13H,8,10H2,1-3H3. The molecule has 0 bridgehead atoms. The van der Waals surface area contributed by atoms with E-state index in [2.05, 4.69) is 17.9 Å². The molecular formula is C14H19ClN2O. The van der Waals surface area contributed by atoms with Gasteiger partial charge in [-0.25, -0.2) is 0 Å². The molecule has 0 radical (unpaired) electrons. The van der Waals surface area contributed by atoms with E-state index in [1.54, 1.807) is 7.11 Å². The molecule has 0 aliphatic rings. The van der Waals surface area contributed by atoms with Crippen LogP contribution in [0, 0.1) is 11.3 Å². The monoisotopic (exact) mass is 266 g/mol. The summed E-state index contributed by atoms with van der Waals surface area (Å²) in [7, 11) is 3.66. The van der Waals surface area contributed by atoms with Crippen molar-refractivity contribution in [3.63, 3.8) is 0 Å². The highest BCUT2D eigenvalue weighted by Gasteiger charge is 2.15. The number of methoxy groups -OCH3 is 1. The minimum Gasteiger partial charge on any atom is -0.496 e. The number of halogens is 1. The summed E-state index contributed by atoms with van der Waals surface area (Å²) < 4.78 is 5.33. The molecular weight excluding hydrogens is 248 g/mol. The Labute approximate surface area is 114 Å². The third kappa shape index (κ3) is 4.21. The maximum absolute atomic E-state index is 8.71. The minimum absolute atomic E-state index is 0.302. The van der Waals surface area contributed by atoms with Crippen LogP contribution in [0.1, 0.15) is 12.5 Å². The fraction of sp³-hybridized carbons (Fsp3) is 0.500. The zero-order valence-electron chi connectivity index (χ0n) is 11.1. The second-order valence-corrected chi connectivity index (χ2v) is 4.93. The molecule has 1 aromatic carbocycles. The SMILES string of the molecule is COc1ccccc1CC(C)N(C)CC(Cl)C#N. The first kappa shape index (κ1) is 14.8. The quantitative estimate of drug-likeness (QED) is 0.743. The molecule has 1 rings (SSSR count). The van der Waals surface area contributed by atoms with Crippen LogP contribution in [-0.4, -0.2) is 37.0 Å². The Morgan fingerprint density at radius 1 is 1.44 bits per heavy atom. The summed E-state index contributed by atoms with van der Waals surface area (Å²) in [5.74, 6) is 0.903. The van der Waals surface area contributed by atoms with Crippen molar-refractivity contribution in [1.82, 2.24) is 4.90 Å². The van der Waals surface area contributed by atoms with E-state index in [0.717, 1.165) is 12.2 Å². The van der Waals surface area contributed by atoms with E-state index in [0.29, 0.717) is 12.6 Å². The Hall–Kier alpha value is -1.24. The van der Waals surface area contributed by atoms with Crippen molar-refractivity contribution in [2.45, 2.75) is 24.8 Å². The van der Waals surface area contributed by atoms with Crippen molar-refractivity contribution in [1.29, 1.82) is 5.26 Å². The molecule has 0 amide bonds. The Kier molecular flexibility index (Phi) is 5.97. The zero-order valence-corrected chi connectivity index (χ0v) is 11.8. The first-order valence-corrected chi connectivity index (χ1v) is 6.38. The number of rotatable bonds is 6. The highest BCUT2D eigenvalue weighted by Crippen LogP contribution is 2.20. The number of benzene rings is 1. The fourth-order valence-electron chi connectivity index (χ4n) is 1.82. The summed E-state index contributed by atoms with van der Waals surface area (Å²) >= 11 is 5.84. The fourth-order valence-corrected chi connectivity index (χ4v) is 2.04. The number of likely N-dealkylation sites (N-methyl/N-ethyl adjacent to an activating group) is 1. The van der Waals surface area contributed by atoms with Crippen LogP contribution in [0.3, 0.4) is 0 Å². The van der Waals surface area contributed by atoms with Gasteiger partial charge in [-0.3, -0.25) is 0 Å². The van der Waals surface area contributed by atoms with E-state index in [1.807, 2.05) is 31.3 Å². The van der Waals surface area contributed by atoms with E-state index in [-0.39, 0.29) is 0 Å². The molecule has 18 heavy (non-hydrogen) atoms. The smallest absolute Gasteiger partial charge is 0.133 e. The van der Waals surface area contributed by atoms with Gasteiger partial charge in [0.05, 0.1) is 13.2 Å².